The van der Waals surface area contributed by atoms with Gasteiger partial charge < -0.3 is 19.7 Å². The normalized spacial score (nSPS) is 15.0. The van der Waals surface area contributed by atoms with Gasteiger partial charge in [0.25, 0.3) is 5.69 Å². The molecule has 1 saturated heterocycles. The highest BCUT2D eigenvalue weighted by Gasteiger charge is 2.26. The number of ether oxygens (including phenoxy) is 2. The molecular weight excluding hydrogens is 366 g/mol. The molecule has 1 aliphatic rings. The molecule has 9 heteroatoms. The Labute approximate surface area is 164 Å². The van der Waals surface area contributed by atoms with E-state index in [1.165, 1.54) is 24.3 Å². The molecule has 0 saturated carbocycles. The summed E-state index contributed by atoms with van der Waals surface area (Å²) in [7, 11) is 0. The molecule has 1 aliphatic heterocycles. The van der Waals surface area contributed by atoms with Gasteiger partial charge in [0.05, 0.1) is 4.92 Å². The zero-order valence-electron chi connectivity index (χ0n) is 16.5. The summed E-state index contributed by atoms with van der Waals surface area (Å²) in [5.74, 6) is 0.659. The van der Waals surface area contributed by atoms with Gasteiger partial charge in [-0.05, 0) is 58.1 Å². The Hall–Kier alpha value is -2.84. The fraction of sp³-hybridized carbons (Fsp3) is 0.579. The summed E-state index contributed by atoms with van der Waals surface area (Å²) in [5, 5.41) is 13.3. The number of amides is 2. The van der Waals surface area contributed by atoms with E-state index in [1.807, 2.05) is 20.8 Å². The second-order valence-electron chi connectivity index (χ2n) is 7.77. The fourth-order valence-electron chi connectivity index (χ4n) is 2.89. The van der Waals surface area contributed by atoms with Crippen LogP contribution < -0.4 is 10.1 Å². The molecule has 1 aromatic carbocycles. The number of rotatable bonds is 5. The van der Waals surface area contributed by atoms with Gasteiger partial charge in [0.1, 0.15) is 11.4 Å². The minimum atomic E-state index is -0.597. The summed E-state index contributed by atoms with van der Waals surface area (Å²) in [4.78, 5) is 35.7. The van der Waals surface area contributed by atoms with E-state index in [9.17, 15) is 19.7 Å². The predicted molar refractivity (Wildman–Crippen MR) is 102 cm³/mol. The van der Waals surface area contributed by atoms with Gasteiger partial charge in [-0.3, -0.25) is 10.1 Å². The molecular formula is C19H27N3O6. The van der Waals surface area contributed by atoms with E-state index < -0.39 is 16.6 Å². The number of benzene rings is 1. The second-order valence-corrected chi connectivity index (χ2v) is 7.77. The van der Waals surface area contributed by atoms with Crippen LogP contribution in [-0.2, 0) is 4.74 Å². The first-order valence-electron chi connectivity index (χ1n) is 9.32. The third kappa shape index (κ3) is 7.05. The number of nitrogens with one attached hydrogen (secondary N) is 1. The van der Waals surface area contributed by atoms with Crippen molar-refractivity contribution in [3.63, 3.8) is 0 Å². The number of carbonyl (C=O) groups is 2. The molecule has 0 radical (unpaired) electrons. The van der Waals surface area contributed by atoms with E-state index >= 15 is 0 Å². The molecule has 1 N–H and O–H groups in total. The summed E-state index contributed by atoms with van der Waals surface area (Å²) in [6.07, 6.45) is 1.63. The van der Waals surface area contributed by atoms with Crippen molar-refractivity contribution in [3.05, 3.63) is 34.4 Å². The number of hydrogen-bond donors (Lipinski definition) is 1. The average Bonchev–Trinajstić information content (AvgIpc) is 2.61. The number of carbonyl (C=O) groups excluding carboxylic acids is 2. The van der Waals surface area contributed by atoms with Gasteiger partial charge in [-0.1, -0.05) is 0 Å². The molecule has 0 atom stereocenters. The number of hydrogen-bond acceptors (Lipinski definition) is 6. The lowest BCUT2D eigenvalue weighted by Gasteiger charge is -2.33. The molecule has 2 rings (SSSR count). The quantitative estimate of drug-likeness (QED) is 0.603. The first-order chi connectivity index (χ1) is 13.1. The minimum Gasteiger partial charge on any atom is -0.444 e. The summed E-state index contributed by atoms with van der Waals surface area (Å²) >= 11 is 0. The Morgan fingerprint density at radius 2 is 1.82 bits per heavy atom. The lowest BCUT2D eigenvalue weighted by molar-refractivity contribution is -0.384. The van der Waals surface area contributed by atoms with Crippen molar-refractivity contribution in [2.24, 2.45) is 5.92 Å². The smallest absolute Gasteiger partial charge is 0.412 e. The van der Waals surface area contributed by atoms with Gasteiger partial charge in [0.2, 0.25) is 0 Å². The summed E-state index contributed by atoms with van der Waals surface area (Å²) in [6.45, 7) is 7.29. The number of non-ortho nitro benzene ring substituents is 1. The van der Waals surface area contributed by atoms with Crippen LogP contribution in [-0.4, -0.2) is 47.2 Å². The van der Waals surface area contributed by atoms with Crippen LogP contribution in [0.25, 0.3) is 0 Å². The Morgan fingerprint density at radius 1 is 1.21 bits per heavy atom. The SMILES string of the molecule is CC(C)(C)OC(=O)N1CCC(CCNC(=O)Oc2ccc([N+](=O)[O-])cc2)CC1. The van der Waals surface area contributed by atoms with Crippen molar-refractivity contribution in [2.75, 3.05) is 19.6 Å². The van der Waals surface area contributed by atoms with Crippen molar-refractivity contribution in [3.8, 4) is 5.75 Å². The van der Waals surface area contributed by atoms with Gasteiger partial charge >= 0.3 is 12.2 Å². The third-order valence-corrected chi connectivity index (χ3v) is 4.35. The van der Waals surface area contributed by atoms with E-state index in [-0.39, 0.29) is 17.5 Å². The topological polar surface area (TPSA) is 111 Å². The fourth-order valence-corrected chi connectivity index (χ4v) is 2.89. The Balaban J connectivity index is 1.65. The van der Waals surface area contributed by atoms with Crippen LogP contribution in [0.5, 0.6) is 5.75 Å². The molecule has 1 aromatic rings. The maximum atomic E-state index is 12.0. The Morgan fingerprint density at radius 3 is 2.36 bits per heavy atom. The molecule has 1 heterocycles. The number of nitrogens with zero attached hydrogens (tertiary/aromatic N) is 2. The number of nitro benzene ring substituents is 1. The molecule has 0 aromatic heterocycles. The highest BCUT2D eigenvalue weighted by Crippen LogP contribution is 2.22. The first kappa shape index (κ1) is 21.5. The molecule has 154 valence electrons. The third-order valence-electron chi connectivity index (χ3n) is 4.35. The van der Waals surface area contributed by atoms with Gasteiger partial charge in [-0.2, -0.15) is 0 Å². The number of piperidine rings is 1. The van der Waals surface area contributed by atoms with E-state index in [4.69, 9.17) is 9.47 Å². The first-order valence-corrected chi connectivity index (χ1v) is 9.32. The van der Waals surface area contributed by atoms with Crippen LogP contribution in [0.15, 0.2) is 24.3 Å². The highest BCUT2D eigenvalue weighted by molar-refractivity contribution is 5.70. The van der Waals surface area contributed by atoms with Crippen molar-refractivity contribution in [2.45, 2.75) is 45.6 Å². The van der Waals surface area contributed by atoms with Crippen LogP contribution in [0.4, 0.5) is 15.3 Å². The van der Waals surface area contributed by atoms with Gasteiger partial charge in [-0.25, -0.2) is 9.59 Å². The van der Waals surface area contributed by atoms with Crippen molar-refractivity contribution >= 4 is 17.9 Å². The standard InChI is InChI=1S/C19H27N3O6/c1-19(2,3)28-18(24)21-12-9-14(10-13-21)8-11-20-17(23)27-16-6-4-15(5-7-16)22(25)26/h4-7,14H,8-13H2,1-3H3,(H,20,23). The van der Waals surface area contributed by atoms with Crippen LogP contribution in [0.1, 0.15) is 40.0 Å². The number of likely N-dealkylation sites (tertiary alicyclic amines) is 1. The van der Waals surface area contributed by atoms with E-state index in [1.54, 1.807) is 4.90 Å². The lowest BCUT2D eigenvalue weighted by Crippen LogP contribution is -2.42. The van der Waals surface area contributed by atoms with E-state index in [0.717, 1.165) is 19.3 Å². The van der Waals surface area contributed by atoms with Crippen molar-refractivity contribution < 1.29 is 24.0 Å². The second kappa shape index (κ2) is 9.38. The molecule has 0 spiro atoms. The summed E-state index contributed by atoms with van der Waals surface area (Å²) in [5.41, 5.74) is -0.562. The summed E-state index contributed by atoms with van der Waals surface area (Å²) < 4.78 is 10.5. The van der Waals surface area contributed by atoms with Crippen LogP contribution >= 0.6 is 0 Å². The Kier molecular flexibility index (Phi) is 7.19. The van der Waals surface area contributed by atoms with Gasteiger partial charge in [-0.15, -0.1) is 0 Å². The minimum absolute atomic E-state index is 0.0644. The van der Waals surface area contributed by atoms with Gasteiger partial charge in [0.15, 0.2) is 0 Å². The zero-order valence-corrected chi connectivity index (χ0v) is 16.5. The van der Waals surface area contributed by atoms with Crippen molar-refractivity contribution in [1.29, 1.82) is 0 Å². The Bertz CT molecular complexity index is 691. The predicted octanol–water partition coefficient (Wildman–Crippen LogP) is 3.72. The van der Waals surface area contributed by atoms with Crippen LogP contribution in [0.2, 0.25) is 0 Å². The lowest BCUT2D eigenvalue weighted by atomic mass is 9.94. The average molecular weight is 393 g/mol. The van der Waals surface area contributed by atoms with Gasteiger partial charge in [0, 0.05) is 31.8 Å². The monoisotopic (exact) mass is 393 g/mol. The molecule has 28 heavy (non-hydrogen) atoms. The highest BCUT2D eigenvalue weighted by atomic mass is 16.6. The molecule has 2 amide bonds. The van der Waals surface area contributed by atoms with Crippen LogP contribution in [0.3, 0.4) is 0 Å². The maximum Gasteiger partial charge on any atom is 0.412 e. The van der Waals surface area contributed by atoms with Crippen LogP contribution in [0, 0.1) is 16.0 Å². The molecule has 0 unspecified atom stereocenters. The molecule has 9 nitrogen and oxygen atoms in total. The van der Waals surface area contributed by atoms with E-state index in [0.29, 0.717) is 25.6 Å². The molecule has 0 aliphatic carbocycles. The molecule has 1 fully saturated rings. The molecule has 0 bridgehead atoms. The largest absolute Gasteiger partial charge is 0.444 e. The number of nitro groups is 1. The zero-order chi connectivity index (χ0) is 20.7. The van der Waals surface area contributed by atoms with Crippen molar-refractivity contribution in [1.82, 2.24) is 10.2 Å². The summed E-state index contributed by atoms with van der Waals surface area (Å²) in [6, 6.07) is 5.32. The maximum absolute atomic E-state index is 12.0. The van der Waals surface area contributed by atoms with E-state index in [2.05, 4.69) is 5.32 Å².